The maximum Gasteiger partial charge on any atom is 0.121 e. The zero-order valence-electron chi connectivity index (χ0n) is 9.07. The van der Waals surface area contributed by atoms with Crippen molar-refractivity contribution >= 4 is 5.82 Å². The average molecular weight is 201 g/mol. The van der Waals surface area contributed by atoms with E-state index in [2.05, 4.69) is 36.3 Å². The van der Waals surface area contributed by atoms with E-state index in [4.69, 9.17) is 5.73 Å². The van der Waals surface area contributed by atoms with Gasteiger partial charge in [-0.15, -0.1) is 0 Å². The van der Waals surface area contributed by atoms with Crippen molar-refractivity contribution in [2.45, 2.75) is 13.3 Å². The van der Waals surface area contributed by atoms with Gasteiger partial charge in [0.05, 0.1) is 5.69 Å². The maximum atomic E-state index is 5.73. The number of rotatable bonds is 2. The number of nitrogens with zero attached hydrogens (tertiary/aromatic N) is 2. The molecule has 0 bridgehead atoms. The molecule has 3 nitrogen and oxygen atoms in total. The predicted octanol–water partition coefficient (Wildman–Crippen LogP) is 2.23. The van der Waals surface area contributed by atoms with Gasteiger partial charge in [0.1, 0.15) is 5.82 Å². The standard InChI is InChI=1S/C12H15N3/c1-3-9-4-6-10(7-5-9)11-8-12(13)15(2)14-11/h4-8H,3,13H2,1-2H3. The van der Waals surface area contributed by atoms with Gasteiger partial charge in [-0.1, -0.05) is 31.2 Å². The Kier molecular flexibility index (Phi) is 2.46. The second-order valence-corrected chi connectivity index (χ2v) is 3.63. The van der Waals surface area contributed by atoms with Crippen LogP contribution in [-0.2, 0) is 13.5 Å². The third-order valence-electron chi connectivity index (χ3n) is 2.57. The molecule has 1 aromatic carbocycles. The van der Waals surface area contributed by atoms with Gasteiger partial charge in [-0.25, -0.2) is 0 Å². The Labute approximate surface area is 89.5 Å². The van der Waals surface area contributed by atoms with E-state index in [9.17, 15) is 0 Å². The molecule has 1 aromatic heterocycles. The van der Waals surface area contributed by atoms with Crippen LogP contribution < -0.4 is 5.73 Å². The summed E-state index contributed by atoms with van der Waals surface area (Å²) in [6.45, 7) is 2.15. The first-order chi connectivity index (χ1) is 7.20. The summed E-state index contributed by atoms with van der Waals surface area (Å²) in [6.07, 6.45) is 1.06. The number of aromatic nitrogens is 2. The van der Waals surface area contributed by atoms with Gasteiger partial charge in [-0.2, -0.15) is 5.10 Å². The molecule has 0 radical (unpaired) electrons. The Hall–Kier alpha value is -1.77. The van der Waals surface area contributed by atoms with E-state index in [1.807, 2.05) is 13.1 Å². The molecule has 15 heavy (non-hydrogen) atoms. The van der Waals surface area contributed by atoms with Gasteiger partial charge in [0, 0.05) is 18.7 Å². The van der Waals surface area contributed by atoms with Crippen LogP contribution in [0.25, 0.3) is 11.3 Å². The van der Waals surface area contributed by atoms with Crippen LogP contribution in [0.5, 0.6) is 0 Å². The zero-order chi connectivity index (χ0) is 10.8. The zero-order valence-corrected chi connectivity index (χ0v) is 9.07. The SMILES string of the molecule is CCc1ccc(-c2cc(N)n(C)n2)cc1. The van der Waals surface area contributed by atoms with Gasteiger partial charge in [0.25, 0.3) is 0 Å². The number of nitrogen functional groups attached to an aromatic ring is 1. The van der Waals surface area contributed by atoms with Crippen molar-refractivity contribution in [1.29, 1.82) is 0 Å². The summed E-state index contributed by atoms with van der Waals surface area (Å²) >= 11 is 0. The minimum atomic E-state index is 0.685. The first-order valence-electron chi connectivity index (χ1n) is 5.09. The molecule has 0 aliphatic heterocycles. The second-order valence-electron chi connectivity index (χ2n) is 3.63. The molecule has 1 heterocycles. The first-order valence-corrected chi connectivity index (χ1v) is 5.09. The summed E-state index contributed by atoms with van der Waals surface area (Å²) in [7, 11) is 1.85. The van der Waals surface area contributed by atoms with Crippen molar-refractivity contribution in [3.8, 4) is 11.3 Å². The molecule has 2 N–H and O–H groups in total. The first kappa shape index (κ1) is 9.77. The smallest absolute Gasteiger partial charge is 0.121 e. The minimum absolute atomic E-state index is 0.685. The molecule has 0 aliphatic carbocycles. The third kappa shape index (κ3) is 1.86. The molecule has 0 spiro atoms. The normalized spacial score (nSPS) is 10.5. The molecule has 78 valence electrons. The highest BCUT2D eigenvalue weighted by molar-refractivity contribution is 5.62. The fourth-order valence-electron chi connectivity index (χ4n) is 1.53. The van der Waals surface area contributed by atoms with E-state index >= 15 is 0 Å². The lowest BCUT2D eigenvalue weighted by molar-refractivity contribution is 0.782. The summed E-state index contributed by atoms with van der Waals surface area (Å²) in [5.74, 6) is 0.685. The summed E-state index contributed by atoms with van der Waals surface area (Å²) < 4.78 is 1.68. The maximum absolute atomic E-state index is 5.73. The Balaban J connectivity index is 2.37. The topological polar surface area (TPSA) is 43.8 Å². The van der Waals surface area contributed by atoms with Crippen molar-refractivity contribution in [2.24, 2.45) is 7.05 Å². The number of anilines is 1. The van der Waals surface area contributed by atoms with E-state index in [-0.39, 0.29) is 0 Å². The molecule has 0 atom stereocenters. The van der Waals surface area contributed by atoms with E-state index in [0.717, 1.165) is 17.7 Å². The lowest BCUT2D eigenvalue weighted by Gasteiger charge is -1.98. The monoisotopic (exact) mass is 201 g/mol. The number of aryl methyl sites for hydroxylation is 2. The lowest BCUT2D eigenvalue weighted by atomic mass is 10.1. The van der Waals surface area contributed by atoms with E-state index < -0.39 is 0 Å². The van der Waals surface area contributed by atoms with E-state index in [1.54, 1.807) is 4.68 Å². The Morgan fingerprint density at radius 2 is 1.93 bits per heavy atom. The fourth-order valence-corrected chi connectivity index (χ4v) is 1.53. The quantitative estimate of drug-likeness (QED) is 0.809. The molecular weight excluding hydrogens is 186 g/mol. The van der Waals surface area contributed by atoms with Crippen LogP contribution in [0, 0.1) is 0 Å². The molecule has 0 amide bonds. The van der Waals surface area contributed by atoms with Crippen LogP contribution in [0.3, 0.4) is 0 Å². The van der Waals surface area contributed by atoms with Crippen molar-refractivity contribution in [3.05, 3.63) is 35.9 Å². The third-order valence-corrected chi connectivity index (χ3v) is 2.57. The van der Waals surface area contributed by atoms with Crippen LogP contribution in [0.2, 0.25) is 0 Å². The molecule has 2 aromatic rings. The molecule has 2 rings (SSSR count). The van der Waals surface area contributed by atoms with Gasteiger partial charge in [0.15, 0.2) is 0 Å². The van der Waals surface area contributed by atoms with Crippen molar-refractivity contribution < 1.29 is 0 Å². The Morgan fingerprint density at radius 1 is 1.27 bits per heavy atom. The van der Waals surface area contributed by atoms with E-state index in [1.165, 1.54) is 5.56 Å². The summed E-state index contributed by atoms with van der Waals surface area (Å²) in [6, 6.07) is 10.3. The van der Waals surface area contributed by atoms with Crippen molar-refractivity contribution in [3.63, 3.8) is 0 Å². The van der Waals surface area contributed by atoms with Gasteiger partial charge in [0.2, 0.25) is 0 Å². The number of hydrogen-bond donors (Lipinski definition) is 1. The highest BCUT2D eigenvalue weighted by Crippen LogP contribution is 2.20. The number of nitrogens with two attached hydrogens (primary N) is 1. The van der Waals surface area contributed by atoms with Crippen LogP contribution in [-0.4, -0.2) is 9.78 Å². The van der Waals surface area contributed by atoms with Crippen LogP contribution in [0.15, 0.2) is 30.3 Å². The molecule has 0 aliphatic rings. The van der Waals surface area contributed by atoms with Gasteiger partial charge < -0.3 is 5.73 Å². The molecule has 0 saturated heterocycles. The predicted molar refractivity (Wildman–Crippen MR) is 62.4 cm³/mol. The molecule has 3 heteroatoms. The van der Waals surface area contributed by atoms with Crippen LogP contribution in [0.4, 0.5) is 5.82 Å². The fraction of sp³-hybridized carbons (Fsp3) is 0.250. The summed E-state index contributed by atoms with van der Waals surface area (Å²) in [5.41, 5.74) is 9.11. The lowest BCUT2D eigenvalue weighted by Crippen LogP contribution is -1.96. The summed E-state index contributed by atoms with van der Waals surface area (Å²) in [5, 5.41) is 4.33. The van der Waals surface area contributed by atoms with Crippen LogP contribution in [0.1, 0.15) is 12.5 Å². The number of hydrogen-bond acceptors (Lipinski definition) is 2. The Morgan fingerprint density at radius 3 is 2.40 bits per heavy atom. The van der Waals surface area contributed by atoms with Gasteiger partial charge in [-0.3, -0.25) is 4.68 Å². The van der Waals surface area contributed by atoms with E-state index in [0.29, 0.717) is 5.82 Å². The van der Waals surface area contributed by atoms with Gasteiger partial charge >= 0.3 is 0 Å². The highest BCUT2D eigenvalue weighted by Gasteiger charge is 2.03. The van der Waals surface area contributed by atoms with Crippen molar-refractivity contribution in [1.82, 2.24) is 9.78 Å². The summed E-state index contributed by atoms with van der Waals surface area (Å²) in [4.78, 5) is 0. The van der Waals surface area contributed by atoms with Gasteiger partial charge in [-0.05, 0) is 12.0 Å². The largest absolute Gasteiger partial charge is 0.384 e. The van der Waals surface area contributed by atoms with Crippen LogP contribution >= 0.6 is 0 Å². The molecule has 0 saturated carbocycles. The highest BCUT2D eigenvalue weighted by atomic mass is 15.3. The molecular formula is C12H15N3. The molecule has 0 unspecified atom stereocenters. The van der Waals surface area contributed by atoms with Crippen molar-refractivity contribution in [2.75, 3.05) is 5.73 Å². The average Bonchev–Trinajstić information content (AvgIpc) is 2.59. The number of benzene rings is 1. The molecule has 0 fully saturated rings. The minimum Gasteiger partial charge on any atom is -0.384 e. The Bertz CT molecular complexity index is 435. The second kappa shape index (κ2) is 3.77.